The molecule has 1 aromatic heterocycles. The van der Waals surface area contributed by atoms with Crippen molar-refractivity contribution in [2.45, 2.75) is 45.2 Å². The number of pyridine rings is 1. The number of hydrazine groups is 1. The Morgan fingerprint density at radius 2 is 1.95 bits per heavy atom. The second kappa shape index (κ2) is 6.22. The smallest absolute Gasteiger partial charge is 0.254 e. The third-order valence-electron chi connectivity index (χ3n) is 3.85. The molecule has 2 rings (SSSR count). The summed E-state index contributed by atoms with van der Waals surface area (Å²) in [5, 5.41) is 2.26. The molecule has 0 bridgehead atoms. The van der Waals surface area contributed by atoms with Gasteiger partial charge in [0.25, 0.3) is 5.91 Å². The fraction of sp³-hybridized carbons (Fsp3) is 0.600. The minimum Gasteiger partial charge on any atom is -0.345 e. The van der Waals surface area contributed by atoms with E-state index in [1.807, 2.05) is 12.1 Å². The molecule has 110 valence electrons. The van der Waals surface area contributed by atoms with E-state index in [9.17, 15) is 4.79 Å². The first kappa shape index (κ1) is 14.8. The minimum absolute atomic E-state index is 0.0243. The average molecular weight is 276 g/mol. The van der Waals surface area contributed by atoms with Gasteiger partial charge in [-0.1, -0.05) is 6.42 Å². The lowest BCUT2D eigenvalue weighted by Gasteiger charge is -2.39. The summed E-state index contributed by atoms with van der Waals surface area (Å²) in [5.74, 6) is 0.768. The highest BCUT2D eigenvalue weighted by Gasteiger charge is 2.24. The molecule has 0 aliphatic carbocycles. The molecular weight excluding hydrogens is 252 g/mol. The van der Waals surface area contributed by atoms with Gasteiger partial charge in [-0.3, -0.25) is 4.79 Å². The zero-order valence-corrected chi connectivity index (χ0v) is 12.8. The van der Waals surface area contributed by atoms with Crippen LogP contribution in [-0.4, -0.2) is 47.0 Å². The summed E-state index contributed by atoms with van der Waals surface area (Å²) in [4.78, 5) is 17.7. The van der Waals surface area contributed by atoms with Gasteiger partial charge in [-0.05, 0) is 38.8 Å². The first-order valence-electron chi connectivity index (χ1n) is 7.21. The van der Waals surface area contributed by atoms with Crippen molar-refractivity contribution in [1.29, 1.82) is 0 Å². The molecule has 5 nitrogen and oxygen atoms in total. The van der Waals surface area contributed by atoms with Gasteiger partial charge in [-0.25, -0.2) is 9.99 Å². The predicted octanol–water partition coefficient (Wildman–Crippen LogP) is 2.37. The lowest BCUT2D eigenvalue weighted by Crippen LogP contribution is -2.47. The molecule has 0 radical (unpaired) electrons. The van der Waals surface area contributed by atoms with E-state index in [0.717, 1.165) is 5.82 Å². The topological polar surface area (TPSA) is 48.5 Å². The van der Waals surface area contributed by atoms with Crippen LogP contribution in [0, 0.1) is 0 Å². The number of rotatable bonds is 3. The third kappa shape index (κ3) is 3.28. The normalized spacial score (nSPS) is 23.4. The van der Waals surface area contributed by atoms with Crippen LogP contribution in [0.15, 0.2) is 18.3 Å². The van der Waals surface area contributed by atoms with Gasteiger partial charge in [0, 0.05) is 32.4 Å². The van der Waals surface area contributed by atoms with E-state index in [1.54, 1.807) is 25.2 Å². The molecule has 1 aromatic rings. The van der Waals surface area contributed by atoms with E-state index in [-0.39, 0.29) is 5.91 Å². The number of aromatic nitrogens is 1. The van der Waals surface area contributed by atoms with E-state index in [1.165, 1.54) is 19.3 Å². The molecule has 1 N–H and O–H groups in total. The van der Waals surface area contributed by atoms with E-state index >= 15 is 0 Å². The van der Waals surface area contributed by atoms with Crippen molar-refractivity contribution in [1.82, 2.24) is 14.9 Å². The van der Waals surface area contributed by atoms with Crippen LogP contribution in [0.4, 0.5) is 5.82 Å². The molecule has 0 aromatic carbocycles. The lowest BCUT2D eigenvalue weighted by molar-refractivity contribution is 0.0827. The van der Waals surface area contributed by atoms with Crippen LogP contribution in [0.3, 0.4) is 0 Å². The van der Waals surface area contributed by atoms with Gasteiger partial charge >= 0.3 is 0 Å². The highest BCUT2D eigenvalue weighted by Crippen LogP contribution is 2.22. The Bertz CT molecular complexity index is 447. The van der Waals surface area contributed by atoms with E-state index < -0.39 is 0 Å². The maximum absolute atomic E-state index is 11.8. The quantitative estimate of drug-likeness (QED) is 0.921. The summed E-state index contributed by atoms with van der Waals surface area (Å²) in [6.45, 7) is 4.46. The zero-order valence-electron chi connectivity index (χ0n) is 12.8. The predicted molar refractivity (Wildman–Crippen MR) is 80.5 cm³/mol. The average Bonchev–Trinajstić information content (AvgIpc) is 2.43. The number of carbonyl (C=O) groups is 1. The molecule has 1 saturated heterocycles. The highest BCUT2D eigenvalue weighted by atomic mass is 16.2. The Kier molecular flexibility index (Phi) is 4.60. The zero-order chi connectivity index (χ0) is 14.7. The Balaban J connectivity index is 2.05. The van der Waals surface area contributed by atoms with Crippen LogP contribution < -0.4 is 5.43 Å². The molecule has 0 spiro atoms. The van der Waals surface area contributed by atoms with Crippen molar-refractivity contribution in [2.24, 2.45) is 0 Å². The van der Waals surface area contributed by atoms with Gasteiger partial charge < -0.3 is 10.3 Å². The summed E-state index contributed by atoms with van der Waals surface area (Å²) >= 11 is 0. The van der Waals surface area contributed by atoms with Crippen LogP contribution in [-0.2, 0) is 0 Å². The fourth-order valence-electron chi connectivity index (χ4n) is 2.62. The summed E-state index contributed by atoms with van der Waals surface area (Å²) in [5.41, 5.74) is 3.98. The Morgan fingerprint density at radius 3 is 2.45 bits per heavy atom. The number of nitrogens with zero attached hydrogens (tertiary/aromatic N) is 3. The van der Waals surface area contributed by atoms with Crippen molar-refractivity contribution in [3.05, 3.63) is 23.9 Å². The van der Waals surface area contributed by atoms with Gasteiger partial charge in [0.15, 0.2) is 0 Å². The van der Waals surface area contributed by atoms with E-state index in [0.29, 0.717) is 17.6 Å². The number of piperidine rings is 1. The molecule has 20 heavy (non-hydrogen) atoms. The number of hydrogen-bond acceptors (Lipinski definition) is 4. The Labute approximate surface area is 120 Å². The van der Waals surface area contributed by atoms with Gasteiger partial charge in [-0.2, -0.15) is 0 Å². The van der Waals surface area contributed by atoms with Crippen molar-refractivity contribution >= 4 is 11.7 Å². The molecule has 1 amide bonds. The van der Waals surface area contributed by atoms with Gasteiger partial charge in [0.05, 0.1) is 5.56 Å². The van der Waals surface area contributed by atoms with Crippen LogP contribution in [0.25, 0.3) is 0 Å². The molecular formula is C15H24N4O. The molecule has 0 saturated carbocycles. The number of amides is 1. The molecule has 2 atom stereocenters. The monoisotopic (exact) mass is 276 g/mol. The van der Waals surface area contributed by atoms with Gasteiger partial charge in [0.1, 0.15) is 5.82 Å². The molecule has 1 fully saturated rings. The maximum Gasteiger partial charge on any atom is 0.254 e. The van der Waals surface area contributed by atoms with Gasteiger partial charge in [0.2, 0.25) is 0 Å². The van der Waals surface area contributed by atoms with Crippen molar-refractivity contribution in [2.75, 3.05) is 19.5 Å². The van der Waals surface area contributed by atoms with Crippen LogP contribution >= 0.6 is 0 Å². The third-order valence-corrected chi connectivity index (χ3v) is 3.85. The molecule has 5 heteroatoms. The number of anilines is 1. The number of carbonyl (C=O) groups excluding carboxylic acids is 1. The summed E-state index contributed by atoms with van der Waals surface area (Å²) < 4.78 is 0. The standard InChI is InChI=1S/C15H24N4O/c1-11-6-5-7-12(2)19(11)17-14-9-8-13(10-16-14)15(20)18(3)4/h8-12H,5-7H2,1-4H3,(H,16,17). The van der Waals surface area contributed by atoms with E-state index in [2.05, 4.69) is 29.3 Å². The van der Waals surface area contributed by atoms with Crippen molar-refractivity contribution in [3.63, 3.8) is 0 Å². The Hall–Kier alpha value is -1.62. The summed E-state index contributed by atoms with van der Waals surface area (Å²) in [6, 6.07) is 4.69. The van der Waals surface area contributed by atoms with Crippen LogP contribution in [0.5, 0.6) is 0 Å². The largest absolute Gasteiger partial charge is 0.345 e. The SMILES string of the molecule is CC1CCCC(C)N1Nc1ccc(C(=O)N(C)C)cn1. The van der Waals surface area contributed by atoms with Crippen molar-refractivity contribution < 1.29 is 4.79 Å². The first-order chi connectivity index (χ1) is 9.49. The minimum atomic E-state index is -0.0243. The van der Waals surface area contributed by atoms with Gasteiger partial charge in [-0.15, -0.1) is 0 Å². The Morgan fingerprint density at radius 1 is 1.30 bits per heavy atom. The molecule has 2 unspecified atom stereocenters. The van der Waals surface area contributed by atoms with Crippen LogP contribution in [0.2, 0.25) is 0 Å². The summed E-state index contributed by atoms with van der Waals surface area (Å²) in [7, 11) is 3.48. The molecule has 1 aliphatic rings. The second-order valence-electron chi connectivity index (χ2n) is 5.78. The van der Waals surface area contributed by atoms with Crippen LogP contribution in [0.1, 0.15) is 43.5 Å². The number of nitrogens with one attached hydrogen (secondary N) is 1. The maximum atomic E-state index is 11.8. The molecule has 1 aliphatic heterocycles. The first-order valence-corrected chi connectivity index (χ1v) is 7.21. The highest BCUT2D eigenvalue weighted by molar-refractivity contribution is 5.93. The lowest BCUT2D eigenvalue weighted by atomic mass is 10.00. The van der Waals surface area contributed by atoms with E-state index in [4.69, 9.17) is 0 Å². The molecule has 2 heterocycles. The number of hydrogen-bond donors (Lipinski definition) is 1. The summed E-state index contributed by atoms with van der Waals surface area (Å²) in [6.07, 6.45) is 5.32. The second-order valence-corrected chi connectivity index (χ2v) is 5.78. The van der Waals surface area contributed by atoms with Crippen molar-refractivity contribution in [3.8, 4) is 0 Å². The fourth-order valence-corrected chi connectivity index (χ4v) is 2.62.